The fraction of sp³-hybridized carbons (Fsp3) is 0.550. The van der Waals surface area contributed by atoms with E-state index in [0.717, 1.165) is 57.1 Å². The second kappa shape index (κ2) is 8.34. The third-order valence-electron chi connectivity index (χ3n) is 5.22. The van der Waals surface area contributed by atoms with Gasteiger partial charge >= 0.3 is 0 Å². The van der Waals surface area contributed by atoms with Crippen molar-refractivity contribution in [3.8, 4) is 0 Å². The van der Waals surface area contributed by atoms with Gasteiger partial charge in [0.2, 0.25) is 0 Å². The quantitative estimate of drug-likeness (QED) is 0.799. The summed E-state index contributed by atoms with van der Waals surface area (Å²) in [5.41, 5.74) is 0.669. The number of pyridine rings is 1. The molecule has 0 spiro atoms. The van der Waals surface area contributed by atoms with Crippen molar-refractivity contribution in [3.05, 3.63) is 42.1 Å². The molecule has 0 aromatic carbocycles. The monoisotopic (exact) mass is 355 g/mol. The van der Waals surface area contributed by atoms with E-state index in [1.54, 1.807) is 6.20 Å². The van der Waals surface area contributed by atoms with Crippen molar-refractivity contribution < 1.29 is 4.79 Å². The molecule has 0 radical (unpaired) electrons. The van der Waals surface area contributed by atoms with Gasteiger partial charge in [-0.05, 0) is 38.8 Å². The zero-order chi connectivity index (χ0) is 18.5. The van der Waals surface area contributed by atoms with Gasteiger partial charge in [-0.25, -0.2) is 9.97 Å². The van der Waals surface area contributed by atoms with Crippen molar-refractivity contribution in [2.75, 3.05) is 31.1 Å². The number of amides is 1. The van der Waals surface area contributed by atoms with E-state index in [1.807, 2.05) is 29.4 Å². The minimum Gasteiger partial charge on any atom is -0.357 e. The molecule has 1 amide bonds. The van der Waals surface area contributed by atoms with Crippen molar-refractivity contribution in [1.29, 1.82) is 0 Å². The maximum atomic E-state index is 12.9. The number of rotatable bonds is 6. The van der Waals surface area contributed by atoms with Crippen molar-refractivity contribution in [2.45, 2.75) is 46.1 Å². The minimum absolute atomic E-state index is 0.0754. The highest BCUT2D eigenvalue weighted by molar-refractivity contribution is 5.94. The van der Waals surface area contributed by atoms with Crippen LogP contribution in [0, 0.1) is 0 Å². The number of anilines is 1. The Bertz CT molecular complexity index is 720. The highest BCUT2D eigenvalue weighted by Gasteiger charge is 2.26. The second-order valence-corrected chi connectivity index (χ2v) is 6.73. The fourth-order valence-corrected chi connectivity index (χ4v) is 3.75. The molecular formula is C20H29N5O. The molecule has 2 aromatic rings. The summed E-state index contributed by atoms with van der Waals surface area (Å²) in [6, 6.07) is 4.17. The summed E-state index contributed by atoms with van der Waals surface area (Å²) < 4.78 is 2.24. The Labute approximate surface area is 155 Å². The van der Waals surface area contributed by atoms with Crippen LogP contribution in [0.2, 0.25) is 0 Å². The Morgan fingerprint density at radius 2 is 2.04 bits per heavy atom. The number of carbonyl (C=O) groups excluding carboxylic acids is 1. The summed E-state index contributed by atoms with van der Waals surface area (Å²) >= 11 is 0. The molecular weight excluding hydrogens is 326 g/mol. The van der Waals surface area contributed by atoms with E-state index in [2.05, 4.69) is 40.2 Å². The third-order valence-corrected chi connectivity index (χ3v) is 5.22. The van der Waals surface area contributed by atoms with Crippen LogP contribution in [0.25, 0.3) is 0 Å². The predicted octanol–water partition coefficient (Wildman–Crippen LogP) is 3.16. The Balaban J connectivity index is 1.71. The number of hydrogen-bond acceptors (Lipinski definition) is 4. The molecule has 0 saturated carbocycles. The van der Waals surface area contributed by atoms with Crippen LogP contribution < -0.4 is 4.90 Å². The lowest BCUT2D eigenvalue weighted by Gasteiger charge is -2.34. The summed E-state index contributed by atoms with van der Waals surface area (Å²) in [6.07, 6.45) is 8.63. The number of hydrogen-bond donors (Lipinski definition) is 0. The molecule has 0 bridgehead atoms. The summed E-state index contributed by atoms with van der Waals surface area (Å²) in [6.45, 7) is 9.71. The lowest BCUT2D eigenvalue weighted by molar-refractivity contribution is 0.0677. The lowest BCUT2D eigenvalue weighted by atomic mass is 10.0. The van der Waals surface area contributed by atoms with Gasteiger partial charge in [0.05, 0.1) is 11.6 Å². The van der Waals surface area contributed by atoms with Crippen LogP contribution in [0.5, 0.6) is 0 Å². The summed E-state index contributed by atoms with van der Waals surface area (Å²) in [5, 5.41) is 0. The molecule has 1 saturated heterocycles. The predicted molar refractivity (Wildman–Crippen MR) is 104 cm³/mol. The zero-order valence-corrected chi connectivity index (χ0v) is 16.1. The van der Waals surface area contributed by atoms with E-state index >= 15 is 0 Å². The standard InChI is InChI=1S/C20H29N5O/c1-4-18-21-11-13-25(18)17-8-7-12-24(15-17)20(26)16-9-10-19(22-14-16)23(5-2)6-3/h9-11,13-14,17H,4-8,12,15H2,1-3H3. The molecule has 1 unspecified atom stereocenters. The first kappa shape index (κ1) is 18.4. The van der Waals surface area contributed by atoms with Crippen molar-refractivity contribution >= 4 is 11.7 Å². The van der Waals surface area contributed by atoms with Gasteiger partial charge in [0.15, 0.2) is 0 Å². The number of aromatic nitrogens is 3. The molecule has 6 nitrogen and oxygen atoms in total. The topological polar surface area (TPSA) is 54.3 Å². The number of nitrogens with zero attached hydrogens (tertiary/aromatic N) is 5. The molecule has 26 heavy (non-hydrogen) atoms. The van der Waals surface area contributed by atoms with Crippen LogP contribution in [0.3, 0.4) is 0 Å². The van der Waals surface area contributed by atoms with Gasteiger partial charge < -0.3 is 14.4 Å². The highest BCUT2D eigenvalue weighted by Crippen LogP contribution is 2.24. The van der Waals surface area contributed by atoms with E-state index in [0.29, 0.717) is 11.6 Å². The molecule has 1 aliphatic rings. The van der Waals surface area contributed by atoms with Gasteiger partial charge in [0.1, 0.15) is 11.6 Å². The average molecular weight is 355 g/mol. The van der Waals surface area contributed by atoms with E-state index in [4.69, 9.17) is 0 Å². The van der Waals surface area contributed by atoms with E-state index in [-0.39, 0.29) is 5.91 Å². The van der Waals surface area contributed by atoms with Crippen molar-refractivity contribution in [3.63, 3.8) is 0 Å². The van der Waals surface area contributed by atoms with Crippen LogP contribution in [-0.4, -0.2) is 51.5 Å². The third kappa shape index (κ3) is 3.74. The summed E-state index contributed by atoms with van der Waals surface area (Å²) in [4.78, 5) is 26.0. The minimum atomic E-state index is 0.0754. The SMILES string of the molecule is CCc1nccn1C1CCCN(C(=O)c2ccc(N(CC)CC)nc2)C1. The fourth-order valence-electron chi connectivity index (χ4n) is 3.75. The Kier molecular flexibility index (Phi) is 5.91. The van der Waals surface area contributed by atoms with E-state index < -0.39 is 0 Å². The molecule has 140 valence electrons. The second-order valence-electron chi connectivity index (χ2n) is 6.73. The van der Waals surface area contributed by atoms with Gasteiger partial charge in [-0.3, -0.25) is 4.79 Å². The lowest BCUT2D eigenvalue weighted by Crippen LogP contribution is -2.41. The van der Waals surface area contributed by atoms with Crippen LogP contribution in [-0.2, 0) is 6.42 Å². The smallest absolute Gasteiger partial charge is 0.255 e. The zero-order valence-electron chi connectivity index (χ0n) is 16.1. The van der Waals surface area contributed by atoms with Gasteiger partial charge in [-0.2, -0.15) is 0 Å². The first-order valence-corrected chi connectivity index (χ1v) is 9.69. The molecule has 1 fully saturated rings. The van der Waals surface area contributed by atoms with Crippen molar-refractivity contribution in [1.82, 2.24) is 19.4 Å². The summed E-state index contributed by atoms with van der Waals surface area (Å²) in [5.74, 6) is 2.09. The molecule has 1 atom stereocenters. The van der Waals surface area contributed by atoms with Gasteiger partial charge in [-0.15, -0.1) is 0 Å². The van der Waals surface area contributed by atoms with Gasteiger partial charge in [0.25, 0.3) is 5.91 Å². The van der Waals surface area contributed by atoms with Crippen LogP contribution in [0.15, 0.2) is 30.7 Å². The molecule has 3 heterocycles. The molecule has 3 rings (SSSR count). The van der Waals surface area contributed by atoms with E-state index in [1.165, 1.54) is 0 Å². The Hall–Kier alpha value is -2.37. The highest BCUT2D eigenvalue weighted by atomic mass is 16.2. The molecule has 0 N–H and O–H groups in total. The average Bonchev–Trinajstić information content (AvgIpc) is 3.18. The van der Waals surface area contributed by atoms with Gasteiger partial charge in [0, 0.05) is 51.2 Å². The number of aryl methyl sites for hydroxylation is 1. The molecule has 2 aromatic heterocycles. The first-order valence-electron chi connectivity index (χ1n) is 9.69. The Morgan fingerprint density at radius 1 is 1.23 bits per heavy atom. The normalized spacial score (nSPS) is 17.3. The molecule has 1 aliphatic heterocycles. The summed E-state index contributed by atoms with van der Waals surface area (Å²) in [7, 11) is 0. The number of carbonyl (C=O) groups is 1. The number of piperidine rings is 1. The first-order chi connectivity index (χ1) is 12.7. The van der Waals surface area contributed by atoms with Crippen LogP contribution in [0.4, 0.5) is 5.82 Å². The van der Waals surface area contributed by atoms with E-state index in [9.17, 15) is 4.79 Å². The largest absolute Gasteiger partial charge is 0.357 e. The number of imidazole rings is 1. The van der Waals surface area contributed by atoms with Gasteiger partial charge in [-0.1, -0.05) is 6.92 Å². The van der Waals surface area contributed by atoms with Crippen LogP contribution >= 0.6 is 0 Å². The number of likely N-dealkylation sites (tertiary alicyclic amines) is 1. The maximum absolute atomic E-state index is 12.9. The molecule has 6 heteroatoms. The van der Waals surface area contributed by atoms with Crippen molar-refractivity contribution in [2.24, 2.45) is 0 Å². The Morgan fingerprint density at radius 3 is 2.69 bits per heavy atom. The molecule has 0 aliphatic carbocycles. The maximum Gasteiger partial charge on any atom is 0.255 e. The van der Waals surface area contributed by atoms with Crippen LogP contribution in [0.1, 0.15) is 55.8 Å².